The summed E-state index contributed by atoms with van der Waals surface area (Å²) in [6.45, 7) is 1.64. The first-order chi connectivity index (χ1) is 12.0. The summed E-state index contributed by atoms with van der Waals surface area (Å²) in [6.07, 6.45) is 4.83. The Bertz CT molecular complexity index is 920. The molecule has 0 aromatic carbocycles. The van der Waals surface area contributed by atoms with E-state index in [9.17, 15) is 14.7 Å². The van der Waals surface area contributed by atoms with Crippen LogP contribution in [0.5, 0.6) is 0 Å². The zero-order valence-electron chi connectivity index (χ0n) is 14.0. The van der Waals surface area contributed by atoms with Gasteiger partial charge in [-0.05, 0) is 31.2 Å². The maximum atomic E-state index is 12.3. The molecular formula is C17H17ClN4O4. The molecule has 0 saturated carbocycles. The van der Waals surface area contributed by atoms with E-state index < -0.39 is 12.0 Å². The minimum absolute atomic E-state index is 0. The van der Waals surface area contributed by atoms with Gasteiger partial charge in [-0.3, -0.25) is 9.78 Å². The molecule has 0 radical (unpaired) electrons. The third kappa shape index (κ3) is 3.60. The fraction of sp³-hybridized carbons (Fsp3) is 0.176. The Morgan fingerprint density at radius 2 is 2.08 bits per heavy atom. The number of amides is 1. The molecule has 0 aliphatic rings. The number of hydrogen-bond acceptors (Lipinski definition) is 5. The van der Waals surface area contributed by atoms with Gasteiger partial charge in [-0.25, -0.2) is 4.79 Å². The number of carbonyl (C=O) groups excluding carboxylic acids is 1. The topological polar surface area (TPSA) is 110 Å². The van der Waals surface area contributed by atoms with Gasteiger partial charge in [0.15, 0.2) is 5.76 Å². The van der Waals surface area contributed by atoms with Crippen molar-refractivity contribution in [1.29, 1.82) is 0 Å². The van der Waals surface area contributed by atoms with E-state index in [4.69, 9.17) is 4.52 Å². The van der Waals surface area contributed by atoms with E-state index in [0.717, 1.165) is 0 Å². The molecule has 0 aliphatic carbocycles. The lowest BCUT2D eigenvalue weighted by Crippen LogP contribution is -2.28. The molecule has 0 saturated heterocycles. The van der Waals surface area contributed by atoms with E-state index in [1.807, 2.05) is 0 Å². The molecule has 8 nitrogen and oxygen atoms in total. The predicted octanol–water partition coefficient (Wildman–Crippen LogP) is 2.69. The van der Waals surface area contributed by atoms with Gasteiger partial charge in [0.2, 0.25) is 0 Å². The number of halogens is 1. The van der Waals surface area contributed by atoms with E-state index in [0.29, 0.717) is 11.3 Å². The minimum atomic E-state index is -1.19. The average Bonchev–Trinajstić information content (AvgIpc) is 3.21. The first-order valence-electron chi connectivity index (χ1n) is 7.54. The molecule has 9 heteroatoms. The highest BCUT2D eigenvalue weighted by atomic mass is 35.5. The van der Waals surface area contributed by atoms with Crippen molar-refractivity contribution < 1.29 is 19.2 Å². The zero-order chi connectivity index (χ0) is 18.0. The lowest BCUT2D eigenvalue weighted by molar-refractivity contribution is 0.0692. The first kappa shape index (κ1) is 19.2. The molecule has 3 heterocycles. The number of nitrogens with zero attached hydrogens (tertiary/aromatic N) is 3. The standard InChI is InChI=1S/C17H16N4O4.ClH/c1-10(19-16(22)12-6-4-8-21(12)2)15-13(17(23)24)14(20-25-15)11-5-3-7-18-9-11;/h3-10H,1-2H3,(H,19,22)(H,23,24);1H/t10-;/m1./s1. The molecule has 136 valence electrons. The quantitative estimate of drug-likeness (QED) is 0.708. The summed E-state index contributed by atoms with van der Waals surface area (Å²) in [5.74, 6) is -1.44. The highest BCUT2D eigenvalue weighted by molar-refractivity contribution is 5.96. The molecule has 0 fully saturated rings. The largest absolute Gasteiger partial charge is 0.477 e. The third-order valence-corrected chi connectivity index (χ3v) is 3.78. The van der Waals surface area contributed by atoms with E-state index in [1.54, 1.807) is 55.2 Å². The van der Waals surface area contributed by atoms with Crippen LogP contribution in [0.1, 0.15) is 39.6 Å². The average molecular weight is 377 g/mol. The monoisotopic (exact) mass is 376 g/mol. The van der Waals surface area contributed by atoms with Crippen molar-refractivity contribution in [2.24, 2.45) is 7.05 Å². The van der Waals surface area contributed by atoms with E-state index in [-0.39, 0.29) is 35.3 Å². The molecule has 0 aliphatic heterocycles. The molecule has 26 heavy (non-hydrogen) atoms. The van der Waals surface area contributed by atoms with Gasteiger partial charge in [0.1, 0.15) is 17.0 Å². The number of pyridine rings is 1. The van der Waals surface area contributed by atoms with Gasteiger partial charge in [0.05, 0.1) is 6.04 Å². The van der Waals surface area contributed by atoms with E-state index in [2.05, 4.69) is 15.5 Å². The van der Waals surface area contributed by atoms with Crippen molar-refractivity contribution in [3.8, 4) is 11.3 Å². The number of carboxylic acids is 1. The Hall–Kier alpha value is -3.13. The van der Waals surface area contributed by atoms with Gasteiger partial charge in [-0.2, -0.15) is 0 Å². The summed E-state index contributed by atoms with van der Waals surface area (Å²) in [5, 5.41) is 16.2. The van der Waals surface area contributed by atoms with Crippen LogP contribution in [0.3, 0.4) is 0 Å². The Morgan fingerprint density at radius 1 is 1.31 bits per heavy atom. The fourth-order valence-corrected chi connectivity index (χ4v) is 2.54. The zero-order valence-corrected chi connectivity index (χ0v) is 14.9. The second kappa shape index (κ2) is 7.83. The number of nitrogens with one attached hydrogen (secondary N) is 1. The number of aryl methyl sites for hydroxylation is 1. The number of hydrogen-bond donors (Lipinski definition) is 2. The van der Waals surface area contributed by atoms with Gasteiger partial charge in [0, 0.05) is 31.2 Å². The summed E-state index contributed by atoms with van der Waals surface area (Å²) >= 11 is 0. The van der Waals surface area contributed by atoms with Crippen LogP contribution in [-0.2, 0) is 7.05 Å². The van der Waals surface area contributed by atoms with E-state index >= 15 is 0 Å². The molecule has 2 N–H and O–H groups in total. The maximum Gasteiger partial charge on any atom is 0.341 e. The third-order valence-electron chi connectivity index (χ3n) is 3.78. The summed E-state index contributed by atoms with van der Waals surface area (Å²) in [7, 11) is 1.75. The maximum absolute atomic E-state index is 12.3. The van der Waals surface area contributed by atoms with Gasteiger partial charge in [-0.15, -0.1) is 12.4 Å². The van der Waals surface area contributed by atoms with Gasteiger partial charge in [0.25, 0.3) is 5.91 Å². The second-order valence-corrected chi connectivity index (χ2v) is 5.52. The summed E-state index contributed by atoms with van der Waals surface area (Å²) in [6, 6.07) is 6.11. The summed E-state index contributed by atoms with van der Waals surface area (Å²) in [4.78, 5) is 28.0. The van der Waals surface area contributed by atoms with Crippen LogP contribution in [0.25, 0.3) is 11.3 Å². The molecule has 0 unspecified atom stereocenters. The molecular weight excluding hydrogens is 360 g/mol. The van der Waals surface area contributed by atoms with Crippen LogP contribution in [0.15, 0.2) is 47.4 Å². The fourth-order valence-electron chi connectivity index (χ4n) is 2.54. The van der Waals surface area contributed by atoms with Crippen molar-refractivity contribution in [1.82, 2.24) is 20.0 Å². The Morgan fingerprint density at radius 3 is 2.65 bits per heavy atom. The SMILES string of the molecule is C[C@@H](NC(=O)c1cccn1C)c1onc(-c2cccnc2)c1C(=O)O.Cl. The van der Waals surface area contributed by atoms with Crippen LogP contribution in [-0.4, -0.2) is 31.7 Å². The molecule has 0 spiro atoms. The van der Waals surface area contributed by atoms with Gasteiger partial charge >= 0.3 is 5.97 Å². The molecule has 3 rings (SSSR count). The van der Waals surface area contributed by atoms with Crippen molar-refractivity contribution in [2.75, 3.05) is 0 Å². The van der Waals surface area contributed by atoms with Gasteiger partial charge in [-0.1, -0.05) is 5.16 Å². The Labute approximate surface area is 155 Å². The summed E-state index contributed by atoms with van der Waals surface area (Å²) in [5.41, 5.74) is 1.06. The molecule has 3 aromatic heterocycles. The van der Waals surface area contributed by atoms with Crippen molar-refractivity contribution in [3.05, 3.63) is 59.9 Å². The van der Waals surface area contributed by atoms with Crippen LogP contribution in [0.4, 0.5) is 0 Å². The number of carboxylic acid groups (broad SMARTS) is 1. The van der Waals surface area contributed by atoms with Crippen LogP contribution < -0.4 is 5.32 Å². The Kier molecular flexibility index (Phi) is 5.78. The summed E-state index contributed by atoms with van der Waals surface area (Å²) < 4.78 is 6.91. The number of rotatable bonds is 5. The van der Waals surface area contributed by atoms with E-state index in [1.165, 1.54) is 6.20 Å². The first-order valence-corrected chi connectivity index (χ1v) is 7.54. The minimum Gasteiger partial charge on any atom is -0.477 e. The van der Waals surface area contributed by atoms with Crippen molar-refractivity contribution in [3.63, 3.8) is 0 Å². The normalized spacial score (nSPS) is 11.5. The predicted molar refractivity (Wildman–Crippen MR) is 95.2 cm³/mol. The number of aromatic nitrogens is 3. The van der Waals surface area contributed by atoms with Crippen LogP contribution in [0.2, 0.25) is 0 Å². The lowest BCUT2D eigenvalue weighted by atomic mass is 10.0. The Balaban J connectivity index is 0.00000243. The van der Waals surface area contributed by atoms with Crippen molar-refractivity contribution >= 4 is 24.3 Å². The highest BCUT2D eigenvalue weighted by Gasteiger charge is 2.28. The molecule has 1 atom stereocenters. The molecule has 0 bridgehead atoms. The van der Waals surface area contributed by atoms with Crippen LogP contribution >= 0.6 is 12.4 Å². The number of carbonyl (C=O) groups is 2. The van der Waals surface area contributed by atoms with Crippen molar-refractivity contribution in [2.45, 2.75) is 13.0 Å². The second-order valence-electron chi connectivity index (χ2n) is 5.52. The number of aromatic carboxylic acids is 1. The van der Waals surface area contributed by atoms with Gasteiger partial charge < -0.3 is 19.5 Å². The molecule has 1 amide bonds. The lowest BCUT2D eigenvalue weighted by Gasteiger charge is -2.12. The molecule has 3 aromatic rings. The van der Waals surface area contributed by atoms with Crippen LogP contribution in [0, 0.1) is 0 Å². The highest BCUT2D eigenvalue weighted by Crippen LogP contribution is 2.28. The smallest absolute Gasteiger partial charge is 0.341 e.